The van der Waals surface area contributed by atoms with Gasteiger partial charge in [0, 0.05) is 39.1 Å². The van der Waals surface area contributed by atoms with Crippen molar-refractivity contribution < 1.29 is 9.47 Å². The Balaban J connectivity index is 0.00000216. The Morgan fingerprint density at radius 2 is 1.54 bits per heavy atom. The van der Waals surface area contributed by atoms with Crippen LogP contribution in [0.3, 0.4) is 0 Å². The lowest BCUT2D eigenvalue weighted by Crippen LogP contribution is -2.47. The third-order valence-corrected chi connectivity index (χ3v) is 6.22. The number of aryl methyl sites for hydroxylation is 1. The van der Waals surface area contributed by atoms with Crippen LogP contribution < -0.4 is 14.4 Å². The summed E-state index contributed by atoms with van der Waals surface area (Å²) < 4.78 is 11.9. The molecule has 186 valence electrons. The van der Waals surface area contributed by atoms with Gasteiger partial charge < -0.3 is 14.4 Å². The SMILES string of the molecule is COc1ccccc1N1CCN(CCC(Oc2ccc(C#N)cc2)c2ccc(C)cc2)CC1.Cl.Cl. The first-order valence-electron chi connectivity index (χ1n) is 11.5. The van der Waals surface area contributed by atoms with E-state index in [0.29, 0.717) is 5.56 Å². The lowest BCUT2D eigenvalue weighted by molar-refractivity contribution is 0.160. The van der Waals surface area contributed by atoms with Gasteiger partial charge in [0.2, 0.25) is 0 Å². The predicted octanol–water partition coefficient (Wildman–Crippen LogP) is 6.05. The Hall–Kier alpha value is -2.91. The lowest BCUT2D eigenvalue weighted by Gasteiger charge is -2.37. The van der Waals surface area contributed by atoms with Crippen molar-refractivity contribution in [1.82, 2.24) is 4.90 Å². The molecule has 0 bridgehead atoms. The zero-order valence-corrected chi connectivity index (χ0v) is 21.9. The van der Waals surface area contributed by atoms with Crippen molar-refractivity contribution >= 4 is 30.5 Å². The van der Waals surface area contributed by atoms with Gasteiger partial charge in [-0.3, -0.25) is 4.90 Å². The Kier molecular flexibility index (Phi) is 11.2. The van der Waals surface area contributed by atoms with Gasteiger partial charge in [0.05, 0.1) is 24.4 Å². The highest BCUT2D eigenvalue weighted by molar-refractivity contribution is 5.85. The number of hydrogen-bond acceptors (Lipinski definition) is 5. The molecule has 0 amide bonds. The highest BCUT2D eigenvalue weighted by Gasteiger charge is 2.21. The van der Waals surface area contributed by atoms with E-state index >= 15 is 0 Å². The molecule has 5 nitrogen and oxygen atoms in total. The number of benzene rings is 3. The molecule has 1 aliphatic rings. The van der Waals surface area contributed by atoms with E-state index in [4.69, 9.17) is 14.7 Å². The fraction of sp³-hybridized carbons (Fsp3) is 0.321. The van der Waals surface area contributed by atoms with E-state index < -0.39 is 0 Å². The molecular weight excluding hydrogens is 481 g/mol. The molecule has 1 saturated heterocycles. The minimum absolute atomic E-state index is 0. The van der Waals surface area contributed by atoms with E-state index in [0.717, 1.165) is 50.6 Å². The smallest absolute Gasteiger partial charge is 0.142 e. The highest BCUT2D eigenvalue weighted by Crippen LogP contribution is 2.29. The normalized spacial score (nSPS) is 14.1. The molecule has 4 rings (SSSR count). The first-order chi connectivity index (χ1) is 16.2. The van der Waals surface area contributed by atoms with Crippen LogP contribution in [-0.2, 0) is 0 Å². The molecule has 0 N–H and O–H groups in total. The van der Waals surface area contributed by atoms with Crippen LogP contribution in [0, 0.1) is 18.3 Å². The van der Waals surface area contributed by atoms with Gasteiger partial charge in [0.1, 0.15) is 17.6 Å². The number of nitrogens with zero attached hydrogens (tertiary/aromatic N) is 3. The van der Waals surface area contributed by atoms with Crippen molar-refractivity contribution in [3.8, 4) is 17.6 Å². The van der Waals surface area contributed by atoms with Crippen molar-refractivity contribution in [1.29, 1.82) is 5.26 Å². The summed E-state index contributed by atoms with van der Waals surface area (Å²) in [5, 5.41) is 9.06. The maximum absolute atomic E-state index is 9.06. The van der Waals surface area contributed by atoms with E-state index in [1.54, 1.807) is 19.2 Å². The molecule has 0 aliphatic carbocycles. The van der Waals surface area contributed by atoms with Crippen LogP contribution in [0.15, 0.2) is 72.8 Å². The van der Waals surface area contributed by atoms with Crippen molar-refractivity contribution in [2.45, 2.75) is 19.4 Å². The molecule has 3 aromatic rings. The molecule has 1 atom stereocenters. The van der Waals surface area contributed by atoms with Crippen molar-refractivity contribution in [3.63, 3.8) is 0 Å². The molecule has 0 radical (unpaired) electrons. The summed E-state index contributed by atoms with van der Waals surface area (Å²) >= 11 is 0. The third-order valence-electron chi connectivity index (χ3n) is 6.22. The zero-order valence-electron chi connectivity index (χ0n) is 20.2. The quantitative estimate of drug-likeness (QED) is 0.366. The summed E-state index contributed by atoms with van der Waals surface area (Å²) in [5.74, 6) is 1.72. The van der Waals surface area contributed by atoms with Crippen LogP contribution >= 0.6 is 24.8 Å². The van der Waals surface area contributed by atoms with E-state index in [9.17, 15) is 0 Å². The van der Waals surface area contributed by atoms with Gasteiger partial charge in [-0.2, -0.15) is 5.26 Å². The molecule has 3 aromatic carbocycles. The van der Waals surface area contributed by atoms with Gasteiger partial charge in [-0.25, -0.2) is 0 Å². The fourth-order valence-electron chi connectivity index (χ4n) is 4.25. The summed E-state index contributed by atoms with van der Waals surface area (Å²) in [6.45, 7) is 7.04. The molecule has 1 fully saturated rings. The summed E-state index contributed by atoms with van der Waals surface area (Å²) in [4.78, 5) is 4.91. The predicted molar refractivity (Wildman–Crippen MR) is 146 cm³/mol. The number of piperazine rings is 1. The molecule has 1 aliphatic heterocycles. The summed E-state index contributed by atoms with van der Waals surface area (Å²) in [6.07, 6.45) is 0.864. The molecule has 1 heterocycles. The minimum Gasteiger partial charge on any atom is -0.495 e. The summed E-state index contributed by atoms with van der Waals surface area (Å²) in [7, 11) is 1.73. The topological polar surface area (TPSA) is 48.7 Å². The molecule has 35 heavy (non-hydrogen) atoms. The first kappa shape index (κ1) is 28.3. The average Bonchev–Trinajstić information content (AvgIpc) is 2.88. The molecule has 0 saturated carbocycles. The maximum Gasteiger partial charge on any atom is 0.142 e. The van der Waals surface area contributed by atoms with Crippen molar-refractivity contribution in [2.24, 2.45) is 0 Å². The number of nitriles is 1. The van der Waals surface area contributed by atoms with Crippen LogP contribution in [0.5, 0.6) is 11.5 Å². The maximum atomic E-state index is 9.06. The number of halogens is 2. The third kappa shape index (κ3) is 7.53. The van der Waals surface area contributed by atoms with Gasteiger partial charge in [0.15, 0.2) is 0 Å². The van der Waals surface area contributed by atoms with Crippen LogP contribution in [-0.4, -0.2) is 44.7 Å². The van der Waals surface area contributed by atoms with Gasteiger partial charge in [-0.1, -0.05) is 42.0 Å². The van der Waals surface area contributed by atoms with Crippen LogP contribution in [0.4, 0.5) is 5.69 Å². The summed E-state index contributed by atoms with van der Waals surface area (Å²) in [6, 6.07) is 26.3. The number of anilines is 1. The van der Waals surface area contributed by atoms with Gasteiger partial charge >= 0.3 is 0 Å². The van der Waals surface area contributed by atoms with Crippen LogP contribution in [0.25, 0.3) is 0 Å². The Labute approximate surface area is 221 Å². The van der Waals surface area contributed by atoms with E-state index in [1.807, 2.05) is 24.3 Å². The summed E-state index contributed by atoms with van der Waals surface area (Å²) in [5.41, 5.74) is 4.23. The van der Waals surface area contributed by atoms with E-state index in [1.165, 1.54) is 16.8 Å². The Bertz CT molecular complexity index is 1080. The van der Waals surface area contributed by atoms with Crippen molar-refractivity contribution in [3.05, 3.63) is 89.5 Å². The molecule has 0 aromatic heterocycles. The van der Waals surface area contributed by atoms with Gasteiger partial charge in [0.25, 0.3) is 0 Å². The largest absolute Gasteiger partial charge is 0.495 e. The molecule has 0 spiro atoms. The monoisotopic (exact) mass is 513 g/mol. The molecule has 1 unspecified atom stereocenters. The second-order valence-corrected chi connectivity index (χ2v) is 8.44. The lowest BCUT2D eigenvalue weighted by atomic mass is 10.0. The second kappa shape index (κ2) is 13.8. The number of hydrogen-bond donors (Lipinski definition) is 0. The highest BCUT2D eigenvalue weighted by atomic mass is 35.5. The number of methoxy groups -OCH3 is 1. The van der Waals surface area contributed by atoms with Crippen LogP contribution in [0.1, 0.15) is 29.2 Å². The fourth-order valence-corrected chi connectivity index (χ4v) is 4.25. The molecule has 7 heteroatoms. The second-order valence-electron chi connectivity index (χ2n) is 8.44. The van der Waals surface area contributed by atoms with Gasteiger partial charge in [-0.15, -0.1) is 24.8 Å². The number of ether oxygens (including phenoxy) is 2. The minimum atomic E-state index is -0.0363. The molecular formula is C28H33Cl2N3O2. The Morgan fingerprint density at radius 1 is 0.886 bits per heavy atom. The first-order valence-corrected chi connectivity index (χ1v) is 11.5. The van der Waals surface area contributed by atoms with Gasteiger partial charge in [-0.05, 0) is 48.9 Å². The van der Waals surface area contributed by atoms with E-state index in [-0.39, 0.29) is 30.9 Å². The number of rotatable bonds is 8. The standard InChI is InChI=1S/C28H31N3O2.2ClH/c1-22-7-11-24(12-8-22)27(33-25-13-9-23(21-29)10-14-25)15-16-30-17-19-31(20-18-30)26-5-3-4-6-28(26)32-2;;/h3-14,27H,15-20H2,1-2H3;2*1H. The Morgan fingerprint density at radius 3 is 2.17 bits per heavy atom. The average molecular weight is 514 g/mol. The van der Waals surface area contributed by atoms with E-state index in [2.05, 4.69) is 59.2 Å². The number of para-hydroxylation sites is 2. The zero-order chi connectivity index (χ0) is 23.0. The van der Waals surface area contributed by atoms with Crippen LogP contribution in [0.2, 0.25) is 0 Å². The van der Waals surface area contributed by atoms with Crippen molar-refractivity contribution in [2.75, 3.05) is 44.7 Å².